The van der Waals surface area contributed by atoms with E-state index >= 15 is 0 Å². The fourth-order valence-electron chi connectivity index (χ4n) is 2.91. The quantitative estimate of drug-likeness (QED) is 0.571. The van der Waals surface area contributed by atoms with Gasteiger partial charge in [-0.1, -0.05) is 41.9 Å². The minimum Gasteiger partial charge on any atom is -0.363 e. The molecule has 0 aliphatic heterocycles. The third kappa shape index (κ3) is 3.26. The Balaban J connectivity index is 1.82. The van der Waals surface area contributed by atoms with Crippen molar-refractivity contribution in [1.82, 2.24) is 19.7 Å². The highest BCUT2D eigenvalue weighted by molar-refractivity contribution is 6.31. The molecule has 0 saturated carbocycles. The molecule has 0 amide bonds. The van der Waals surface area contributed by atoms with Crippen LogP contribution in [0.4, 0.5) is 5.82 Å². The summed E-state index contributed by atoms with van der Waals surface area (Å²) < 4.78 is 1.82. The second-order valence-electron chi connectivity index (χ2n) is 6.21. The van der Waals surface area contributed by atoms with Gasteiger partial charge in [0.25, 0.3) is 0 Å². The van der Waals surface area contributed by atoms with Gasteiger partial charge < -0.3 is 5.32 Å². The van der Waals surface area contributed by atoms with Crippen LogP contribution < -0.4 is 5.32 Å². The highest BCUT2D eigenvalue weighted by atomic mass is 35.5. The maximum atomic E-state index is 6.13. The topological polar surface area (TPSA) is 55.6 Å². The minimum atomic E-state index is 0.635. The van der Waals surface area contributed by atoms with Gasteiger partial charge in [0.1, 0.15) is 0 Å². The molecule has 26 heavy (non-hydrogen) atoms. The van der Waals surface area contributed by atoms with Gasteiger partial charge >= 0.3 is 0 Å². The van der Waals surface area contributed by atoms with Crippen molar-refractivity contribution in [3.05, 3.63) is 76.6 Å². The van der Waals surface area contributed by atoms with Crippen molar-refractivity contribution < 1.29 is 0 Å². The average molecular weight is 364 g/mol. The van der Waals surface area contributed by atoms with Crippen molar-refractivity contribution in [2.45, 2.75) is 20.4 Å². The van der Waals surface area contributed by atoms with Crippen LogP contribution in [0.3, 0.4) is 0 Å². The first kappa shape index (κ1) is 16.5. The average Bonchev–Trinajstić information content (AvgIpc) is 2.98. The monoisotopic (exact) mass is 363 g/mol. The number of aromatic nitrogens is 4. The summed E-state index contributed by atoms with van der Waals surface area (Å²) in [5, 5.41) is 8.61. The summed E-state index contributed by atoms with van der Waals surface area (Å²) in [4.78, 5) is 9.55. The summed E-state index contributed by atoms with van der Waals surface area (Å²) in [6.45, 7) is 4.62. The standard InChI is InChI=1S/C20H18ClN5/c1-13-10-14(2)26(25-13)20-19(22-12-15-6-4-3-5-7-15)23-17-9-8-16(21)11-18(17)24-20/h3-11H,12H2,1-2H3,(H,22,23). The maximum absolute atomic E-state index is 6.13. The van der Waals surface area contributed by atoms with Crippen molar-refractivity contribution in [1.29, 1.82) is 0 Å². The number of nitrogens with zero attached hydrogens (tertiary/aromatic N) is 4. The number of nitrogens with one attached hydrogen (secondary N) is 1. The number of benzene rings is 2. The Labute approximate surface area is 156 Å². The number of hydrogen-bond acceptors (Lipinski definition) is 4. The Morgan fingerprint density at radius 1 is 0.962 bits per heavy atom. The summed E-state index contributed by atoms with van der Waals surface area (Å²) in [5.74, 6) is 1.36. The summed E-state index contributed by atoms with van der Waals surface area (Å²) in [7, 11) is 0. The van der Waals surface area contributed by atoms with Crippen LogP contribution in [0.5, 0.6) is 0 Å². The van der Waals surface area contributed by atoms with E-state index in [-0.39, 0.29) is 0 Å². The van der Waals surface area contributed by atoms with Crippen LogP contribution in [0.2, 0.25) is 5.02 Å². The Hall–Kier alpha value is -2.92. The Morgan fingerprint density at radius 2 is 1.77 bits per heavy atom. The lowest BCUT2D eigenvalue weighted by atomic mass is 10.2. The number of fused-ring (bicyclic) bond motifs is 1. The molecule has 4 aromatic rings. The fraction of sp³-hybridized carbons (Fsp3) is 0.150. The Bertz CT molecular complexity index is 1070. The van der Waals surface area contributed by atoms with E-state index in [1.54, 1.807) is 0 Å². The van der Waals surface area contributed by atoms with Crippen LogP contribution in [-0.4, -0.2) is 19.7 Å². The first-order chi connectivity index (χ1) is 12.6. The number of halogens is 1. The summed E-state index contributed by atoms with van der Waals surface area (Å²) in [5.41, 5.74) is 4.64. The van der Waals surface area contributed by atoms with Gasteiger partial charge in [-0.25, -0.2) is 14.6 Å². The molecule has 0 atom stereocenters. The highest BCUT2D eigenvalue weighted by Gasteiger charge is 2.14. The summed E-state index contributed by atoms with van der Waals surface area (Å²) in [6, 6.07) is 17.7. The molecule has 0 spiro atoms. The van der Waals surface area contributed by atoms with E-state index in [1.165, 1.54) is 5.56 Å². The highest BCUT2D eigenvalue weighted by Crippen LogP contribution is 2.24. The van der Waals surface area contributed by atoms with Crippen LogP contribution in [0, 0.1) is 13.8 Å². The number of hydrogen-bond donors (Lipinski definition) is 1. The molecule has 4 rings (SSSR count). The second kappa shape index (κ2) is 6.77. The van der Waals surface area contributed by atoms with Gasteiger partial charge in [-0.05, 0) is 43.7 Å². The fourth-order valence-corrected chi connectivity index (χ4v) is 3.08. The lowest BCUT2D eigenvalue weighted by Crippen LogP contribution is -2.11. The van der Waals surface area contributed by atoms with E-state index < -0.39 is 0 Å². The minimum absolute atomic E-state index is 0.635. The first-order valence-electron chi connectivity index (χ1n) is 8.39. The first-order valence-corrected chi connectivity index (χ1v) is 8.77. The molecule has 0 saturated heterocycles. The largest absolute Gasteiger partial charge is 0.363 e. The normalized spacial score (nSPS) is 11.0. The molecule has 0 radical (unpaired) electrons. The molecule has 1 N–H and O–H groups in total. The van der Waals surface area contributed by atoms with E-state index in [9.17, 15) is 0 Å². The van der Waals surface area contributed by atoms with Crippen molar-refractivity contribution in [2.75, 3.05) is 5.32 Å². The van der Waals surface area contributed by atoms with Crippen LogP contribution in [-0.2, 0) is 6.54 Å². The zero-order valence-corrected chi connectivity index (χ0v) is 15.3. The van der Waals surface area contributed by atoms with E-state index in [4.69, 9.17) is 21.6 Å². The van der Waals surface area contributed by atoms with Crippen LogP contribution in [0.15, 0.2) is 54.6 Å². The lowest BCUT2D eigenvalue weighted by molar-refractivity contribution is 0.805. The zero-order valence-electron chi connectivity index (χ0n) is 14.6. The molecule has 0 fully saturated rings. The van der Waals surface area contributed by atoms with Gasteiger partial charge in [0.05, 0.1) is 16.7 Å². The van der Waals surface area contributed by atoms with Crippen LogP contribution in [0.25, 0.3) is 16.9 Å². The third-order valence-electron chi connectivity index (χ3n) is 4.12. The molecule has 0 aliphatic rings. The molecule has 0 aliphatic carbocycles. The molecule has 2 aromatic heterocycles. The van der Waals surface area contributed by atoms with Gasteiger partial charge in [-0.15, -0.1) is 0 Å². The van der Waals surface area contributed by atoms with Gasteiger partial charge in [0.2, 0.25) is 0 Å². The molecule has 130 valence electrons. The summed E-state index contributed by atoms with van der Waals surface area (Å²) in [6.07, 6.45) is 0. The van der Waals surface area contributed by atoms with Gasteiger partial charge in [0, 0.05) is 17.3 Å². The van der Waals surface area contributed by atoms with Gasteiger partial charge in [0.15, 0.2) is 11.6 Å². The van der Waals surface area contributed by atoms with E-state index in [0.717, 1.165) is 22.4 Å². The van der Waals surface area contributed by atoms with Crippen molar-refractivity contribution in [3.63, 3.8) is 0 Å². The van der Waals surface area contributed by atoms with Gasteiger partial charge in [-0.3, -0.25) is 0 Å². The van der Waals surface area contributed by atoms with Crippen molar-refractivity contribution in [3.8, 4) is 5.82 Å². The zero-order chi connectivity index (χ0) is 18.1. The van der Waals surface area contributed by atoms with Crippen LogP contribution >= 0.6 is 11.6 Å². The maximum Gasteiger partial charge on any atom is 0.197 e. The van der Waals surface area contributed by atoms with E-state index in [0.29, 0.717) is 23.2 Å². The molecule has 6 heteroatoms. The molecule has 2 heterocycles. The number of aryl methyl sites for hydroxylation is 2. The SMILES string of the molecule is Cc1cc(C)n(-c2nc3cc(Cl)ccc3nc2NCc2ccccc2)n1. The molecule has 0 unspecified atom stereocenters. The molecular formula is C20H18ClN5. The third-order valence-corrected chi connectivity index (χ3v) is 4.36. The predicted octanol–water partition coefficient (Wildman–Crippen LogP) is 4.70. The van der Waals surface area contributed by atoms with Crippen LogP contribution in [0.1, 0.15) is 17.0 Å². The van der Waals surface area contributed by atoms with Gasteiger partial charge in [-0.2, -0.15) is 5.10 Å². The van der Waals surface area contributed by atoms with E-state index in [1.807, 2.05) is 61.0 Å². The van der Waals surface area contributed by atoms with Crippen molar-refractivity contribution >= 4 is 28.5 Å². The summed E-state index contributed by atoms with van der Waals surface area (Å²) >= 11 is 6.13. The molecule has 5 nitrogen and oxygen atoms in total. The molecule has 0 bridgehead atoms. The van der Waals surface area contributed by atoms with Crippen molar-refractivity contribution in [2.24, 2.45) is 0 Å². The Kier molecular flexibility index (Phi) is 4.31. The lowest BCUT2D eigenvalue weighted by Gasteiger charge is -2.13. The number of rotatable bonds is 4. The van der Waals surface area contributed by atoms with E-state index in [2.05, 4.69) is 22.5 Å². The molecule has 2 aromatic carbocycles. The smallest absolute Gasteiger partial charge is 0.197 e. The number of anilines is 1. The Morgan fingerprint density at radius 3 is 2.50 bits per heavy atom. The molecular weight excluding hydrogens is 346 g/mol. The predicted molar refractivity (Wildman–Crippen MR) is 105 cm³/mol. The second-order valence-corrected chi connectivity index (χ2v) is 6.64.